The number of aromatic nitrogens is 2. The van der Waals surface area contributed by atoms with Gasteiger partial charge in [0.25, 0.3) is 0 Å². The molecule has 0 N–H and O–H groups in total. The van der Waals surface area contributed by atoms with E-state index in [0.717, 1.165) is 29.1 Å². The first kappa shape index (κ1) is 15.2. The lowest BCUT2D eigenvalue weighted by atomic mass is 10.1. The lowest BCUT2D eigenvalue weighted by molar-refractivity contribution is 0.422. The fourth-order valence-corrected chi connectivity index (χ4v) is 2.62. The van der Waals surface area contributed by atoms with Gasteiger partial charge in [-0.15, -0.1) is 10.2 Å². The molecule has 0 saturated carbocycles. The van der Waals surface area contributed by atoms with Crippen molar-refractivity contribution in [3.8, 4) is 22.9 Å². The zero-order valence-corrected chi connectivity index (χ0v) is 13.0. The van der Waals surface area contributed by atoms with Crippen molar-refractivity contribution in [3.63, 3.8) is 0 Å². The van der Waals surface area contributed by atoms with E-state index in [1.807, 2.05) is 54.6 Å². The minimum absolute atomic E-state index is 0.125. The number of hydrogen-bond acceptors (Lipinski definition) is 3. The average molecular weight is 334 g/mol. The number of rotatable bonds is 3. The summed E-state index contributed by atoms with van der Waals surface area (Å²) in [5.41, 5.74) is 1.61. The molecule has 0 amide bonds. The predicted octanol–water partition coefficient (Wildman–Crippen LogP) is 5.37. The molecule has 0 saturated heterocycles. The smallest absolute Gasteiger partial charge is 0.246 e. The Kier molecular flexibility index (Phi) is 3.82. The first-order chi connectivity index (χ1) is 12.2. The van der Waals surface area contributed by atoms with E-state index in [-0.39, 0.29) is 11.6 Å². The number of ether oxygens (including phenoxy) is 1. The third-order valence-corrected chi connectivity index (χ3v) is 3.80. The van der Waals surface area contributed by atoms with Gasteiger partial charge in [-0.25, -0.2) is 8.78 Å². The van der Waals surface area contributed by atoms with Gasteiger partial charge in [-0.3, -0.25) is 0 Å². The van der Waals surface area contributed by atoms with Gasteiger partial charge in [-0.1, -0.05) is 48.5 Å². The molecule has 0 aliphatic rings. The summed E-state index contributed by atoms with van der Waals surface area (Å²) in [7, 11) is 0. The highest BCUT2D eigenvalue weighted by Gasteiger charge is 2.14. The lowest BCUT2D eigenvalue weighted by Crippen LogP contribution is -1.97. The number of nitrogens with zero attached hydrogens (tertiary/aromatic N) is 2. The zero-order valence-electron chi connectivity index (χ0n) is 13.0. The van der Waals surface area contributed by atoms with Crippen LogP contribution in [-0.2, 0) is 0 Å². The van der Waals surface area contributed by atoms with Crippen LogP contribution in [0.25, 0.3) is 22.0 Å². The fourth-order valence-electron chi connectivity index (χ4n) is 2.62. The molecule has 1 heterocycles. The summed E-state index contributed by atoms with van der Waals surface area (Å²) in [6.07, 6.45) is 0. The van der Waals surface area contributed by atoms with E-state index < -0.39 is 11.6 Å². The van der Waals surface area contributed by atoms with Crippen LogP contribution in [0.5, 0.6) is 11.6 Å². The first-order valence-corrected chi connectivity index (χ1v) is 7.66. The third-order valence-electron chi connectivity index (χ3n) is 3.80. The summed E-state index contributed by atoms with van der Waals surface area (Å²) >= 11 is 0. The molecule has 0 atom stereocenters. The van der Waals surface area contributed by atoms with Crippen molar-refractivity contribution >= 4 is 10.8 Å². The highest BCUT2D eigenvalue weighted by Crippen LogP contribution is 2.33. The normalized spacial score (nSPS) is 10.8. The van der Waals surface area contributed by atoms with Crippen LogP contribution in [-0.4, -0.2) is 10.2 Å². The molecule has 5 heteroatoms. The van der Waals surface area contributed by atoms with Crippen LogP contribution in [0, 0.1) is 11.6 Å². The monoisotopic (exact) mass is 334 g/mol. The summed E-state index contributed by atoms with van der Waals surface area (Å²) in [4.78, 5) is 0. The van der Waals surface area contributed by atoms with Crippen molar-refractivity contribution in [3.05, 3.63) is 84.4 Å². The van der Waals surface area contributed by atoms with Gasteiger partial charge < -0.3 is 4.74 Å². The summed E-state index contributed by atoms with van der Waals surface area (Å²) in [6.45, 7) is 0. The van der Waals surface area contributed by atoms with Gasteiger partial charge >= 0.3 is 0 Å². The average Bonchev–Trinajstić information content (AvgIpc) is 2.66. The quantitative estimate of drug-likeness (QED) is 0.505. The Balaban J connectivity index is 1.85. The molecule has 0 bridgehead atoms. The standard InChI is InChI=1S/C20H12F2N2O/c21-14-10-11-17(22)18(12-14)25-20-16-9-5-4-8-15(16)19(23-24-20)13-6-2-1-3-7-13/h1-12H. The van der Waals surface area contributed by atoms with Crippen LogP contribution in [0.3, 0.4) is 0 Å². The summed E-state index contributed by atoms with van der Waals surface area (Å²) in [6, 6.07) is 20.0. The molecular formula is C20H12F2N2O. The Morgan fingerprint density at radius 1 is 0.720 bits per heavy atom. The topological polar surface area (TPSA) is 35.0 Å². The van der Waals surface area contributed by atoms with Gasteiger partial charge in [0.2, 0.25) is 5.88 Å². The maximum absolute atomic E-state index is 13.9. The summed E-state index contributed by atoms with van der Waals surface area (Å²) in [5, 5.41) is 9.80. The van der Waals surface area contributed by atoms with Gasteiger partial charge in [0.05, 0.1) is 0 Å². The second-order valence-electron chi connectivity index (χ2n) is 5.44. The third kappa shape index (κ3) is 2.92. The summed E-state index contributed by atoms with van der Waals surface area (Å²) in [5.74, 6) is -1.36. The largest absolute Gasteiger partial charge is 0.434 e. The maximum Gasteiger partial charge on any atom is 0.246 e. The van der Waals surface area contributed by atoms with Crippen molar-refractivity contribution in [2.24, 2.45) is 0 Å². The van der Waals surface area contributed by atoms with E-state index >= 15 is 0 Å². The van der Waals surface area contributed by atoms with Crippen LogP contribution >= 0.6 is 0 Å². The van der Waals surface area contributed by atoms with E-state index in [1.165, 1.54) is 0 Å². The van der Waals surface area contributed by atoms with E-state index in [2.05, 4.69) is 10.2 Å². The van der Waals surface area contributed by atoms with Crippen LogP contribution in [0.15, 0.2) is 72.8 Å². The molecule has 1 aromatic heterocycles. The zero-order chi connectivity index (χ0) is 17.2. The molecule has 0 fully saturated rings. The summed E-state index contributed by atoms with van der Waals surface area (Å²) < 4.78 is 32.7. The molecular weight excluding hydrogens is 322 g/mol. The Hall–Kier alpha value is -3.34. The first-order valence-electron chi connectivity index (χ1n) is 7.66. The molecule has 0 unspecified atom stereocenters. The number of benzene rings is 3. The van der Waals surface area contributed by atoms with Gasteiger partial charge in [-0.2, -0.15) is 0 Å². The van der Waals surface area contributed by atoms with Gasteiger partial charge in [0, 0.05) is 22.4 Å². The Morgan fingerprint density at radius 2 is 1.44 bits per heavy atom. The second kappa shape index (κ2) is 6.28. The molecule has 0 radical (unpaired) electrons. The lowest BCUT2D eigenvalue weighted by Gasteiger charge is -2.11. The minimum Gasteiger partial charge on any atom is -0.434 e. The van der Waals surface area contributed by atoms with E-state index in [9.17, 15) is 8.78 Å². The Labute approximate surface area is 142 Å². The van der Waals surface area contributed by atoms with E-state index in [4.69, 9.17) is 4.74 Å². The van der Waals surface area contributed by atoms with Gasteiger partial charge in [-0.05, 0) is 18.2 Å². The van der Waals surface area contributed by atoms with Gasteiger partial charge in [0.15, 0.2) is 11.6 Å². The number of hydrogen-bond donors (Lipinski definition) is 0. The molecule has 4 aromatic rings. The van der Waals surface area contributed by atoms with Crippen molar-refractivity contribution in [1.29, 1.82) is 0 Å². The molecule has 3 aromatic carbocycles. The Morgan fingerprint density at radius 3 is 2.24 bits per heavy atom. The SMILES string of the molecule is Fc1ccc(F)c(Oc2nnc(-c3ccccc3)c3ccccc23)c1. The van der Waals surface area contributed by atoms with E-state index in [0.29, 0.717) is 11.1 Å². The highest BCUT2D eigenvalue weighted by atomic mass is 19.1. The Bertz CT molecular complexity index is 1050. The number of halogens is 2. The van der Waals surface area contributed by atoms with Crippen LogP contribution in [0.4, 0.5) is 8.78 Å². The van der Waals surface area contributed by atoms with Crippen molar-refractivity contribution in [2.75, 3.05) is 0 Å². The highest BCUT2D eigenvalue weighted by molar-refractivity contribution is 5.96. The second-order valence-corrected chi connectivity index (χ2v) is 5.44. The molecule has 3 nitrogen and oxygen atoms in total. The number of fused-ring (bicyclic) bond motifs is 1. The fraction of sp³-hybridized carbons (Fsp3) is 0. The van der Waals surface area contributed by atoms with Gasteiger partial charge in [0.1, 0.15) is 11.5 Å². The minimum atomic E-state index is -0.667. The molecule has 122 valence electrons. The van der Waals surface area contributed by atoms with E-state index in [1.54, 1.807) is 0 Å². The molecule has 0 spiro atoms. The van der Waals surface area contributed by atoms with Crippen molar-refractivity contribution < 1.29 is 13.5 Å². The molecule has 0 aliphatic carbocycles. The predicted molar refractivity (Wildman–Crippen MR) is 91.4 cm³/mol. The molecule has 25 heavy (non-hydrogen) atoms. The van der Waals surface area contributed by atoms with Crippen LogP contribution in [0.1, 0.15) is 0 Å². The van der Waals surface area contributed by atoms with Crippen LogP contribution < -0.4 is 4.74 Å². The molecule has 4 rings (SSSR count). The van der Waals surface area contributed by atoms with Crippen molar-refractivity contribution in [1.82, 2.24) is 10.2 Å². The van der Waals surface area contributed by atoms with Crippen LogP contribution in [0.2, 0.25) is 0 Å². The molecule has 0 aliphatic heterocycles. The van der Waals surface area contributed by atoms with Crippen molar-refractivity contribution in [2.45, 2.75) is 0 Å². The maximum atomic E-state index is 13.9.